The van der Waals surface area contributed by atoms with E-state index in [1.807, 2.05) is 0 Å². The standard InChI is InChI=1S/C8H11NO5/c10-4-6(11)8(13)7(12)5-2-1-3-14-9-5/h1-3,6,8-11,13H,4H2. The molecule has 0 aromatic rings. The molecule has 4 N–H and O–H groups in total. The van der Waals surface area contributed by atoms with Gasteiger partial charge < -0.3 is 20.2 Å². The number of hydrogen-bond donors (Lipinski definition) is 4. The lowest BCUT2D eigenvalue weighted by molar-refractivity contribution is -0.132. The van der Waals surface area contributed by atoms with Crippen LogP contribution in [0.2, 0.25) is 0 Å². The summed E-state index contributed by atoms with van der Waals surface area (Å²) >= 11 is 0. The number of carbonyl (C=O) groups excluding carboxylic acids is 1. The normalized spacial score (nSPS) is 18.9. The van der Waals surface area contributed by atoms with Crippen LogP contribution in [0.3, 0.4) is 0 Å². The average molecular weight is 201 g/mol. The second-order valence-corrected chi connectivity index (χ2v) is 2.69. The smallest absolute Gasteiger partial charge is 0.213 e. The van der Waals surface area contributed by atoms with E-state index in [0.717, 1.165) is 0 Å². The number of aliphatic hydroxyl groups is 3. The van der Waals surface area contributed by atoms with E-state index in [0.29, 0.717) is 0 Å². The van der Waals surface area contributed by atoms with E-state index in [4.69, 9.17) is 10.2 Å². The molecule has 78 valence electrons. The monoisotopic (exact) mass is 201 g/mol. The highest BCUT2D eigenvalue weighted by atomic mass is 16.6. The maximum atomic E-state index is 11.3. The van der Waals surface area contributed by atoms with Gasteiger partial charge >= 0.3 is 0 Å². The third kappa shape index (κ3) is 2.32. The van der Waals surface area contributed by atoms with Crippen molar-refractivity contribution in [3.05, 3.63) is 24.1 Å². The largest absolute Gasteiger partial charge is 0.394 e. The molecule has 1 aliphatic rings. The zero-order valence-corrected chi connectivity index (χ0v) is 7.25. The predicted octanol–water partition coefficient (Wildman–Crippen LogP) is -1.80. The molecule has 6 heteroatoms. The molecule has 1 rings (SSSR count). The van der Waals surface area contributed by atoms with Crippen molar-refractivity contribution < 1.29 is 25.0 Å². The van der Waals surface area contributed by atoms with Gasteiger partial charge in [-0.05, 0) is 12.2 Å². The Kier molecular flexibility index (Phi) is 3.63. The van der Waals surface area contributed by atoms with Crippen LogP contribution in [0.1, 0.15) is 0 Å². The van der Waals surface area contributed by atoms with Crippen LogP contribution < -0.4 is 5.48 Å². The fraction of sp³-hybridized carbons (Fsp3) is 0.375. The zero-order chi connectivity index (χ0) is 10.6. The van der Waals surface area contributed by atoms with Crippen LogP contribution in [0, 0.1) is 0 Å². The number of nitrogens with one attached hydrogen (secondary N) is 1. The van der Waals surface area contributed by atoms with Crippen LogP contribution >= 0.6 is 0 Å². The number of rotatable bonds is 4. The van der Waals surface area contributed by atoms with Crippen molar-refractivity contribution in [1.82, 2.24) is 5.48 Å². The molecule has 2 unspecified atom stereocenters. The van der Waals surface area contributed by atoms with Gasteiger partial charge in [-0.15, -0.1) is 0 Å². The lowest BCUT2D eigenvalue weighted by Crippen LogP contribution is -2.40. The molecule has 0 saturated heterocycles. The molecule has 0 saturated carbocycles. The highest BCUT2D eigenvalue weighted by Gasteiger charge is 2.26. The number of Topliss-reactive ketones (excluding diaryl/α,β-unsaturated/α-hetero) is 1. The SMILES string of the molecule is O=C(C1=CC=CON1)C(O)C(O)CO. The number of aliphatic hydroxyl groups excluding tert-OH is 3. The second-order valence-electron chi connectivity index (χ2n) is 2.69. The minimum absolute atomic E-state index is 0.0208. The number of ketones is 1. The van der Waals surface area contributed by atoms with Gasteiger partial charge in [0, 0.05) is 0 Å². The topological polar surface area (TPSA) is 99.0 Å². The minimum Gasteiger partial charge on any atom is -0.394 e. The van der Waals surface area contributed by atoms with Gasteiger partial charge in [0.1, 0.15) is 24.2 Å². The third-order valence-electron chi connectivity index (χ3n) is 1.66. The first-order valence-corrected chi connectivity index (χ1v) is 3.96. The maximum Gasteiger partial charge on any atom is 0.213 e. The number of allylic oxidation sites excluding steroid dienone is 2. The Morgan fingerprint density at radius 2 is 2.29 bits per heavy atom. The van der Waals surface area contributed by atoms with Gasteiger partial charge in [-0.2, -0.15) is 0 Å². The van der Waals surface area contributed by atoms with Gasteiger partial charge in [0.2, 0.25) is 5.78 Å². The summed E-state index contributed by atoms with van der Waals surface area (Å²) in [7, 11) is 0. The molecule has 6 nitrogen and oxygen atoms in total. The highest BCUT2D eigenvalue weighted by molar-refractivity contribution is 5.98. The van der Waals surface area contributed by atoms with Gasteiger partial charge in [-0.1, -0.05) is 0 Å². The first kappa shape index (κ1) is 10.7. The quantitative estimate of drug-likeness (QED) is 0.428. The molecule has 0 spiro atoms. The Balaban J connectivity index is 2.64. The van der Waals surface area contributed by atoms with E-state index >= 15 is 0 Å². The molecule has 0 amide bonds. The van der Waals surface area contributed by atoms with E-state index in [1.165, 1.54) is 18.4 Å². The number of carbonyl (C=O) groups is 1. The summed E-state index contributed by atoms with van der Waals surface area (Å²) in [6.07, 6.45) is 1.01. The van der Waals surface area contributed by atoms with Gasteiger partial charge in [-0.25, -0.2) is 5.48 Å². The summed E-state index contributed by atoms with van der Waals surface area (Å²) in [6.45, 7) is -0.684. The molecule has 1 heterocycles. The van der Waals surface area contributed by atoms with Crippen molar-refractivity contribution in [2.24, 2.45) is 0 Å². The Hall–Kier alpha value is -1.37. The maximum absolute atomic E-state index is 11.3. The van der Waals surface area contributed by atoms with E-state index in [-0.39, 0.29) is 5.70 Å². The fourth-order valence-corrected chi connectivity index (χ4v) is 0.873. The van der Waals surface area contributed by atoms with E-state index < -0.39 is 24.6 Å². The molecular weight excluding hydrogens is 190 g/mol. The van der Waals surface area contributed by atoms with Crippen LogP contribution in [-0.4, -0.2) is 39.9 Å². The highest BCUT2D eigenvalue weighted by Crippen LogP contribution is 2.05. The van der Waals surface area contributed by atoms with Crippen molar-refractivity contribution >= 4 is 5.78 Å². The van der Waals surface area contributed by atoms with Crippen LogP contribution in [-0.2, 0) is 9.63 Å². The van der Waals surface area contributed by atoms with E-state index in [2.05, 4.69) is 10.3 Å². The number of hydroxylamine groups is 1. The first-order chi connectivity index (χ1) is 6.66. The lowest BCUT2D eigenvalue weighted by Gasteiger charge is -2.17. The molecule has 0 radical (unpaired) electrons. The average Bonchev–Trinajstić information content (AvgIpc) is 2.27. The molecule has 0 aromatic heterocycles. The summed E-state index contributed by atoms with van der Waals surface area (Å²) in [4.78, 5) is 15.9. The van der Waals surface area contributed by atoms with Gasteiger partial charge in [0.15, 0.2) is 0 Å². The van der Waals surface area contributed by atoms with Crippen LogP contribution in [0.4, 0.5) is 0 Å². The summed E-state index contributed by atoms with van der Waals surface area (Å²) in [5, 5.41) is 26.7. The van der Waals surface area contributed by atoms with Gasteiger partial charge in [-0.3, -0.25) is 4.79 Å². The third-order valence-corrected chi connectivity index (χ3v) is 1.66. The van der Waals surface area contributed by atoms with Crippen LogP contribution in [0.25, 0.3) is 0 Å². The molecule has 2 atom stereocenters. The lowest BCUT2D eigenvalue weighted by atomic mass is 10.1. The predicted molar refractivity (Wildman–Crippen MR) is 45.6 cm³/mol. The molecule has 0 bridgehead atoms. The molecule has 0 fully saturated rings. The van der Waals surface area contributed by atoms with Crippen LogP contribution in [0.15, 0.2) is 24.1 Å². The number of hydrogen-bond acceptors (Lipinski definition) is 6. The fourth-order valence-electron chi connectivity index (χ4n) is 0.873. The Labute approximate surface area is 80.1 Å². The molecular formula is C8H11NO5. The molecule has 14 heavy (non-hydrogen) atoms. The van der Waals surface area contributed by atoms with Crippen LogP contribution in [0.5, 0.6) is 0 Å². The first-order valence-electron chi connectivity index (χ1n) is 3.96. The zero-order valence-electron chi connectivity index (χ0n) is 7.25. The summed E-state index contributed by atoms with van der Waals surface area (Å²) in [6, 6.07) is 0. The van der Waals surface area contributed by atoms with Crippen molar-refractivity contribution in [2.75, 3.05) is 6.61 Å². The summed E-state index contributed by atoms with van der Waals surface area (Å²) in [5.74, 6) is -0.740. The Bertz CT molecular complexity index is 273. The minimum atomic E-state index is -1.66. The van der Waals surface area contributed by atoms with Crippen molar-refractivity contribution in [1.29, 1.82) is 0 Å². The summed E-state index contributed by atoms with van der Waals surface area (Å²) < 4.78 is 0. The Morgan fingerprint density at radius 3 is 2.79 bits per heavy atom. The second kappa shape index (κ2) is 4.75. The molecule has 0 aromatic carbocycles. The van der Waals surface area contributed by atoms with Crippen molar-refractivity contribution in [2.45, 2.75) is 12.2 Å². The summed E-state index contributed by atoms with van der Waals surface area (Å²) in [5.41, 5.74) is 2.27. The van der Waals surface area contributed by atoms with E-state index in [9.17, 15) is 9.90 Å². The van der Waals surface area contributed by atoms with Crippen molar-refractivity contribution in [3.8, 4) is 0 Å². The van der Waals surface area contributed by atoms with Gasteiger partial charge in [0.05, 0.1) is 6.61 Å². The van der Waals surface area contributed by atoms with Crippen molar-refractivity contribution in [3.63, 3.8) is 0 Å². The molecule has 0 aliphatic carbocycles. The Morgan fingerprint density at radius 1 is 1.57 bits per heavy atom. The van der Waals surface area contributed by atoms with Gasteiger partial charge in [0.25, 0.3) is 0 Å². The molecule has 1 aliphatic heterocycles. The van der Waals surface area contributed by atoms with E-state index in [1.54, 1.807) is 0 Å².